The molecule has 0 saturated heterocycles. The van der Waals surface area contributed by atoms with Gasteiger partial charge >= 0.3 is 0 Å². The molecule has 0 aliphatic heterocycles. The molecule has 7 heteroatoms. The zero-order valence-corrected chi connectivity index (χ0v) is 11.1. The highest BCUT2D eigenvalue weighted by atomic mass is 16.5. The molecule has 0 aliphatic rings. The fraction of sp³-hybridized carbons (Fsp3) is 0.308. The van der Waals surface area contributed by atoms with Crippen molar-refractivity contribution in [3.63, 3.8) is 0 Å². The molecule has 0 heterocycles. The van der Waals surface area contributed by atoms with E-state index in [0.717, 1.165) is 0 Å². The Balaban J connectivity index is 2.41. The first-order chi connectivity index (χ1) is 9.49. The highest BCUT2D eigenvalue weighted by Crippen LogP contribution is 2.11. The van der Waals surface area contributed by atoms with Crippen LogP contribution in [0.4, 0.5) is 0 Å². The van der Waals surface area contributed by atoms with Crippen LogP contribution in [0.2, 0.25) is 0 Å². The predicted octanol–water partition coefficient (Wildman–Crippen LogP) is -0.583. The van der Waals surface area contributed by atoms with Crippen LogP contribution >= 0.6 is 0 Å². The molecule has 1 aromatic rings. The second-order valence-electron chi connectivity index (χ2n) is 4.02. The topological polar surface area (TPSA) is 111 Å². The Morgan fingerprint density at radius 1 is 1.10 bits per heavy atom. The number of hydrogen-bond donors (Lipinski definition) is 3. The van der Waals surface area contributed by atoms with E-state index in [1.165, 1.54) is 6.92 Å². The minimum absolute atomic E-state index is 0.143. The summed E-state index contributed by atoms with van der Waals surface area (Å²) in [7, 11) is 0. The second-order valence-corrected chi connectivity index (χ2v) is 4.02. The molecule has 0 saturated carbocycles. The van der Waals surface area contributed by atoms with Gasteiger partial charge < -0.3 is 21.1 Å². The van der Waals surface area contributed by atoms with Gasteiger partial charge in [-0.1, -0.05) is 0 Å². The largest absolute Gasteiger partial charge is 0.484 e. The molecule has 0 unspecified atom stereocenters. The Labute approximate surface area is 116 Å². The summed E-state index contributed by atoms with van der Waals surface area (Å²) in [5.41, 5.74) is 5.41. The van der Waals surface area contributed by atoms with Crippen molar-refractivity contribution in [2.75, 3.05) is 19.7 Å². The van der Waals surface area contributed by atoms with Gasteiger partial charge in [0.1, 0.15) is 5.75 Å². The van der Waals surface area contributed by atoms with Crippen molar-refractivity contribution in [3.05, 3.63) is 29.8 Å². The van der Waals surface area contributed by atoms with Crippen LogP contribution in [-0.4, -0.2) is 37.4 Å². The standard InChI is InChI=1S/C13H17N3O4/c1-9(17)15-6-7-16-13(19)10-2-4-11(5-3-10)20-8-12(14)18/h2-5H,6-8H2,1H3,(H2,14,18)(H,15,17)(H,16,19). The summed E-state index contributed by atoms with van der Waals surface area (Å²) in [6.45, 7) is 1.92. The van der Waals surface area contributed by atoms with Gasteiger partial charge in [-0.05, 0) is 24.3 Å². The Kier molecular flexibility index (Phi) is 6.02. The summed E-state index contributed by atoms with van der Waals surface area (Å²) >= 11 is 0. The number of carbonyl (C=O) groups is 3. The average molecular weight is 279 g/mol. The van der Waals surface area contributed by atoms with Crippen LogP contribution in [0.3, 0.4) is 0 Å². The van der Waals surface area contributed by atoms with Gasteiger partial charge in [0.15, 0.2) is 6.61 Å². The highest BCUT2D eigenvalue weighted by Gasteiger charge is 2.05. The maximum atomic E-state index is 11.7. The van der Waals surface area contributed by atoms with Crippen LogP contribution in [0.1, 0.15) is 17.3 Å². The molecule has 0 spiro atoms. The van der Waals surface area contributed by atoms with Crippen molar-refractivity contribution in [2.45, 2.75) is 6.92 Å². The highest BCUT2D eigenvalue weighted by molar-refractivity contribution is 5.94. The lowest BCUT2D eigenvalue weighted by molar-refractivity contribution is -0.120. The first-order valence-corrected chi connectivity index (χ1v) is 6.03. The van der Waals surface area contributed by atoms with Crippen molar-refractivity contribution < 1.29 is 19.1 Å². The lowest BCUT2D eigenvalue weighted by atomic mass is 10.2. The normalized spacial score (nSPS) is 9.65. The molecule has 0 atom stereocenters. The SMILES string of the molecule is CC(=O)NCCNC(=O)c1ccc(OCC(N)=O)cc1. The third-order valence-corrected chi connectivity index (χ3v) is 2.28. The van der Waals surface area contributed by atoms with Crippen LogP contribution in [0.15, 0.2) is 24.3 Å². The summed E-state index contributed by atoms with van der Waals surface area (Å²) in [5.74, 6) is -0.504. The third-order valence-electron chi connectivity index (χ3n) is 2.28. The van der Waals surface area contributed by atoms with Crippen LogP contribution in [-0.2, 0) is 9.59 Å². The third kappa shape index (κ3) is 5.85. The van der Waals surface area contributed by atoms with Gasteiger partial charge in [-0.3, -0.25) is 14.4 Å². The number of benzene rings is 1. The lowest BCUT2D eigenvalue weighted by Crippen LogP contribution is -2.33. The summed E-state index contributed by atoms with van der Waals surface area (Å²) in [5, 5.41) is 5.23. The molecule has 108 valence electrons. The number of nitrogens with two attached hydrogens (primary N) is 1. The Morgan fingerprint density at radius 2 is 1.70 bits per heavy atom. The van der Waals surface area contributed by atoms with Crippen molar-refractivity contribution in [3.8, 4) is 5.75 Å². The van der Waals surface area contributed by atoms with Crippen LogP contribution in [0.25, 0.3) is 0 Å². The van der Waals surface area contributed by atoms with Gasteiger partial charge in [0.2, 0.25) is 5.91 Å². The fourth-order valence-electron chi connectivity index (χ4n) is 1.37. The Hall–Kier alpha value is -2.57. The van der Waals surface area contributed by atoms with Gasteiger partial charge in [-0.2, -0.15) is 0 Å². The minimum Gasteiger partial charge on any atom is -0.484 e. The molecule has 0 radical (unpaired) electrons. The van der Waals surface area contributed by atoms with Crippen molar-refractivity contribution in [1.29, 1.82) is 0 Å². The number of rotatable bonds is 7. The molecular weight excluding hydrogens is 262 g/mol. The van der Waals surface area contributed by atoms with E-state index in [4.69, 9.17) is 10.5 Å². The summed E-state index contributed by atoms with van der Waals surface area (Å²) in [6.07, 6.45) is 0. The zero-order chi connectivity index (χ0) is 15.0. The minimum atomic E-state index is -0.565. The first kappa shape index (κ1) is 15.5. The molecule has 1 rings (SSSR count). The van der Waals surface area contributed by atoms with Gasteiger partial charge in [0, 0.05) is 25.6 Å². The molecule has 7 nitrogen and oxygen atoms in total. The van der Waals surface area contributed by atoms with Crippen LogP contribution < -0.4 is 21.1 Å². The molecule has 0 fully saturated rings. The summed E-state index contributed by atoms with van der Waals surface area (Å²) in [6, 6.07) is 6.30. The van der Waals surface area contributed by atoms with Gasteiger partial charge in [0.25, 0.3) is 11.8 Å². The van der Waals surface area contributed by atoms with E-state index >= 15 is 0 Å². The average Bonchev–Trinajstić information content (AvgIpc) is 2.41. The summed E-state index contributed by atoms with van der Waals surface area (Å²) in [4.78, 5) is 32.9. The smallest absolute Gasteiger partial charge is 0.255 e. The Morgan fingerprint density at radius 3 is 2.25 bits per heavy atom. The number of hydrogen-bond acceptors (Lipinski definition) is 4. The number of nitrogens with one attached hydrogen (secondary N) is 2. The Bertz CT molecular complexity index is 485. The first-order valence-electron chi connectivity index (χ1n) is 6.03. The fourth-order valence-corrected chi connectivity index (χ4v) is 1.37. The van der Waals surface area contributed by atoms with Crippen LogP contribution in [0, 0.1) is 0 Å². The lowest BCUT2D eigenvalue weighted by Gasteiger charge is -2.07. The van der Waals surface area contributed by atoms with E-state index in [-0.39, 0.29) is 18.4 Å². The van der Waals surface area contributed by atoms with Gasteiger partial charge in [-0.15, -0.1) is 0 Å². The van der Waals surface area contributed by atoms with Crippen molar-refractivity contribution in [1.82, 2.24) is 10.6 Å². The maximum absolute atomic E-state index is 11.7. The zero-order valence-electron chi connectivity index (χ0n) is 11.1. The predicted molar refractivity (Wildman–Crippen MR) is 72.1 cm³/mol. The molecule has 0 aromatic heterocycles. The number of amides is 3. The van der Waals surface area contributed by atoms with Crippen molar-refractivity contribution in [2.24, 2.45) is 5.73 Å². The van der Waals surface area contributed by atoms with E-state index in [1.807, 2.05) is 0 Å². The van der Waals surface area contributed by atoms with E-state index in [0.29, 0.717) is 24.4 Å². The van der Waals surface area contributed by atoms with E-state index in [9.17, 15) is 14.4 Å². The molecule has 4 N–H and O–H groups in total. The molecule has 20 heavy (non-hydrogen) atoms. The molecule has 3 amide bonds. The van der Waals surface area contributed by atoms with E-state index in [2.05, 4.69) is 10.6 Å². The summed E-state index contributed by atoms with van der Waals surface area (Å²) < 4.78 is 5.07. The van der Waals surface area contributed by atoms with E-state index in [1.54, 1.807) is 24.3 Å². The number of ether oxygens (including phenoxy) is 1. The molecule has 0 aliphatic carbocycles. The molecule has 0 bridgehead atoms. The van der Waals surface area contributed by atoms with Crippen LogP contribution in [0.5, 0.6) is 5.75 Å². The maximum Gasteiger partial charge on any atom is 0.255 e. The molecular formula is C13H17N3O4. The monoisotopic (exact) mass is 279 g/mol. The number of carbonyl (C=O) groups excluding carboxylic acids is 3. The van der Waals surface area contributed by atoms with Gasteiger partial charge in [0.05, 0.1) is 0 Å². The second kappa shape index (κ2) is 7.78. The van der Waals surface area contributed by atoms with Gasteiger partial charge in [-0.25, -0.2) is 0 Å². The number of primary amides is 1. The molecule has 1 aromatic carbocycles. The quantitative estimate of drug-likeness (QED) is 0.580. The van der Waals surface area contributed by atoms with Crippen molar-refractivity contribution >= 4 is 17.7 Å². The van der Waals surface area contributed by atoms with E-state index < -0.39 is 5.91 Å².